The van der Waals surface area contributed by atoms with Gasteiger partial charge in [0.05, 0.1) is 12.0 Å². The van der Waals surface area contributed by atoms with Crippen molar-refractivity contribution < 1.29 is 9.90 Å². The first-order chi connectivity index (χ1) is 9.07. The van der Waals surface area contributed by atoms with Crippen molar-refractivity contribution in [3.05, 3.63) is 30.1 Å². The van der Waals surface area contributed by atoms with Crippen LogP contribution in [0.4, 0.5) is 0 Å². The molecule has 1 aromatic rings. The van der Waals surface area contributed by atoms with Crippen LogP contribution in [0.5, 0.6) is 0 Å². The summed E-state index contributed by atoms with van der Waals surface area (Å²) in [7, 11) is 0. The molecule has 2 atom stereocenters. The van der Waals surface area contributed by atoms with Crippen molar-refractivity contribution in [2.75, 3.05) is 6.54 Å². The summed E-state index contributed by atoms with van der Waals surface area (Å²) in [5.74, 6) is 0.494. The fourth-order valence-corrected chi connectivity index (χ4v) is 2.80. The highest BCUT2D eigenvalue weighted by atomic mass is 16.3. The molecule has 2 rings (SSSR count). The van der Waals surface area contributed by atoms with E-state index in [1.165, 1.54) is 6.42 Å². The predicted molar refractivity (Wildman–Crippen MR) is 73.5 cm³/mol. The van der Waals surface area contributed by atoms with Gasteiger partial charge in [-0.2, -0.15) is 0 Å². The molecule has 1 saturated carbocycles. The SMILES string of the molecule is CC1CCCC(O)(CNC(=O)Cc2ccncc2)C1. The molecule has 2 unspecified atom stereocenters. The number of carbonyl (C=O) groups is 1. The predicted octanol–water partition coefficient (Wildman–Crippen LogP) is 1.68. The molecule has 1 aliphatic carbocycles. The van der Waals surface area contributed by atoms with Crippen LogP contribution in [0.25, 0.3) is 0 Å². The average molecular weight is 262 g/mol. The number of aromatic nitrogens is 1. The fourth-order valence-electron chi connectivity index (χ4n) is 2.80. The fraction of sp³-hybridized carbons (Fsp3) is 0.600. The van der Waals surface area contributed by atoms with E-state index in [1.54, 1.807) is 12.4 Å². The monoisotopic (exact) mass is 262 g/mol. The van der Waals surface area contributed by atoms with E-state index in [0.29, 0.717) is 18.9 Å². The van der Waals surface area contributed by atoms with Crippen LogP contribution >= 0.6 is 0 Å². The van der Waals surface area contributed by atoms with E-state index in [4.69, 9.17) is 0 Å². The molecule has 4 nitrogen and oxygen atoms in total. The first-order valence-electron chi connectivity index (χ1n) is 6.95. The van der Waals surface area contributed by atoms with Crippen molar-refractivity contribution in [1.82, 2.24) is 10.3 Å². The van der Waals surface area contributed by atoms with Gasteiger partial charge in [-0.3, -0.25) is 9.78 Å². The van der Waals surface area contributed by atoms with Gasteiger partial charge in [-0.1, -0.05) is 19.8 Å². The lowest BCUT2D eigenvalue weighted by molar-refractivity contribution is -0.122. The molecular formula is C15H22N2O2. The van der Waals surface area contributed by atoms with Crippen molar-refractivity contribution in [3.8, 4) is 0 Å². The van der Waals surface area contributed by atoms with Gasteiger partial charge in [0.2, 0.25) is 5.91 Å². The molecule has 0 radical (unpaired) electrons. The van der Waals surface area contributed by atoms with Gasteiger partial charge in [0, 0.05) is 18.9 Å². The highest BCUT2D eigenvalue weighted by Gasteiger charge is 2.32. The molecule has 104 valence electrons. The van der Waals surface area contributed by atoms with E-state index in [0.717, 1.165) is 24.8 Å². The summed E-state index contributed by atoms with van der Waals surface area (Å²) in [5.41, 5.74) is 0.225. The Morgan fingerprint density at radius 3 is 2.95 bits per heavy atom. The molecule has 0 saturated heterocycles. The summed E-state index contributed by atoms with van der Waals surface area (Å²) in [6.07, 6.45) is 7.48. The summed E-state index contributed by atoms with van der Waals surface area (Å²) in [4.78, 5) is 15.8. The standard InChI is InChI=1S/C15H22N2O2/c1-12-3-2-6-15(19,10-12)11-17-14(18)9-13-4-7-16-8-5-13/h4-5,7-8,12,19H,2-3,6,9-11H2,1H3,(H,17,18). The Kier molecular flexibility index (Phi) is 4.53. The summed E-state index contributed by atoms with van der Waals surface area (Å²) < 4.78 is 0. The number of amides is 1. The zero-order valence-corrected chi connectivity index (χ0v) is 11.4. The molecule has 19 heavy (non-hydrogen) atoms. The number of carbonyl (C=O) groups excluding carboxylic acids is 1. The molecule has 1 aromatic heterocycles. The van der Waals surface area contributed by atoms with E-state index in [-0.39, 0.29) is 5.91 Å². The lowest BCUT2D eigenvalue weighted by Crippen LogP contribution is -2.46. The Bertz CT molecular complexity index is 421. The minimum Gasteiger partial charge on any atom is -0.388 e. The molecule has 4 heteroatoms. The highest BCUT2D eigenvalue weighted by Crippen LogP contribution is 2.31. The zero-order chi connectivity index (χ0) is 13.7. The number of nitrogens with one attached hydrogen (secondary N) is 1. The molecule has 0 aromatic carbocycles. The zero-order valence-electron chi connectivity index (χ0n) is 11.4. The Morgan fingerprint density at radius 1 is 1.53 bits per heavy atom. The Hall–Kier alpha value is -1.42. The number of aliphatic hydroxyl groups is 1. The van der Waals surface area contributed by atoms with Gasteiger partial charge in [0.25, 0.3) is 0 Å². The van der Waals surface area contributed by atoms with Crippen LogP contribution in [0.15, 0.2) is 24.5 Å². The number of rotatable bonds is 4. The maximum Gasteiger partial charge on any atom is 0.224 e. The van der Waals surface area contributed by atoms with Crippen LogP contribution in [-0.4, -0.2) is 28.1 Å². The van der Waals surface area contributed by atoms with Crippen LogP contribution < -0.4 is 5.32 Å². The van der Waals surface area contributed by atoms with Gasteiger partial charge < -0.3 is 10.4 Å². The van der Waals surface area contributed by atoms with Gasteiger partial charge in [-0.05, 0) is 36.5 Å². The third-order valence-corrected chi connectivity index (χ3v) is 3.80. The lowest BCUT2D eigenvalue weighted by Gasteiger charge is -2.35. The molecule has 0 bridgehead atoms. The Labute approximate surface area is 114 Å². The van der Waals surface area contributed by atoms with Crippen molar-refractivity contribution in [3.63, 3.8) is 0 Å². The quantitative estimate of drug-likeness (QED) is 0.868. The van der Waals surface area contributed by atoms with Crippen LogP contribution in [0.3, 0.4) is 0 Å². The van der Waals surface area contributed by atoms with Crippen LogP contribution in [-0.2, 0) is 11.2 Å². The Balaban J connectivity index is 1.80. The second-order valence-electron chi connectivity index (χ2n) is 5.73. The Morgan fingerprint density at radius 2 is 2.26 bits per heavy atom. The maximum absolute atomic E-state index is 11.8. The number of pyridine rings is 1. The van der Waals surface area contributed by atoms with Crippen LogP contribution in [0.1, 0.15) is 38.2 Å². The van der Waals surface area contributed by atoms with Crippen molar-refractivity contribution in [1.29, 1.82) is 0 Å². The summed E-state index contributed by atoms with van der Waals surface area (Å²) >= 11 is 0. The van der Waals surface area contributed by atoms with E-state index >= 15 is 0 Å². The van der Waals surface area contributed by atoms with E-state index in [1.807, 2.05) is 12.1 Å². The van der Waals surface area contributed by atoms with E-state index < -0.39 is 5.60 Å². The third kappa shape index (κ3) is 4.31. The topological polar surface area (TPSA) is 62.2 Å². The van der Waals surface area contributed by atoms with Crippen LogP contribution in [0.2, 0.25) is 0 Å². The van der Waals surface area contributed by atoms with E-state index in [9.17, 15) is 9.90 Å². The minimum atomic E-state index is -0.717. The first kappa shape index (κ1) is 14.0. The van der Waals surface area contributed by atoms with Crippen molar-refractivity contribution in [2.24, 2.45) is 5.92 Å². The van der Waals surface area contributed by atoms with Gasteiger partial charge in [0.15, 0.2) is 0 Å². The normalized spacial score (nSPS) is 26.9. The average Bonchev–Trinajstić information content (AvgIpc) is 2.38. The third-order valence-electron chi connectivity index (χ3n) is 3.80. The largest absolute Gasteiger partial charge is 0.388 e. The van der Waals surface area contributed by atoms with Gasteiger partial charge in [0.1, 0.15) is 0 Å². The number of hydrogen-bond donors (Lipinski definition) is 2. The van der Waals surface area contributed by atoms with Crippen LogP contribution in [0, 0.1) is 5.92 Å². The lowest BCUT2D eigenvalue weighted by atomic mass is 9.79. The minimum absolute atomic E-state index is 0.0437. The maximum atomic E-state index is 11.8. The second kappa shape index (κ2) is 6.15. The molecular weight excluding hydrogens is 240 g/mol. The van der Waals surface area contributed by atoms with Crippen molar-refractivity contribution in [2.45, 2.75) is 44.6 Å². The van der Waals surface area contributed by atoms with Gasteiger partial charge in [-0.15, -0.1) is 0 Å². The highest BCUT2D eigenvalue weighted by molar-refractivity contribution is 5.78. The molecule has 1 aliphatic rings. The smallest absolute Gasteiger partial charge is 0.224 e. The molecule has 0 spiro atoms. The molecule has 0 aliphatic heterocycles. The molecule has 1 amide bonds. The number of hydrogen-bond acceptors (Lipinski definition) is 3. The molecule has 2 N–H and O–H groups in total. The molecule has 1 fully saturated rings. The summed E-state index contributed by atoms with van der Waals surface area (Å²) in [5, 5.41) is 13.3. The molecule has 1 heterocycles. The first-order valence-corrected chi connectivity index (χ1v) is 6.95. The second-order valence-corrected chi connectivity index (χ2v) is 5.73. The summed E-state index contributed by atoms with van der Waals surface area (Å²) in [6.45, 7) is 2.52. The van der Waals surface area contributed by atoms with Crippen molar-refractivity contribution >= 4 is 5.91 Å². The summed E-state index contributed by atoms with van der Waals surface area (Å²) in [6, 6.07) is 3.66. The van der Waals surface area contributed by atoms with E-state index in [2.05, 4.69) is 17.2 Å². The van der Waals surface area contributed by atoms with Gasteiger partial charge >= 0.3 is 0 Å². The van der Waals surface area contributed by atoms with Gasteiger partial charge in [-0.25, -0.2) is 0 Å². The number of nitrogens with zero attached hydrogens (tertiary/aromatic N) is 1.